The van der Waals surface area contributed by atoms with Crippen LogP contribution in [0.2, 0.25) is 0 Å². The summed E-state index contributed by atoms with van der Waals surface area (Å²) in [7, 11) is 0. The van der Waals surface area contributed by atoms with Gasteiger partial charge in [-0.15, -0.1) is 0 Å². The number of aryl methyl sites for hydroxylation is 1. The standard InChI is InChI=1S/C22H29F3O/c1-13-2-3-15-9-16(5-4-14(15)8-13)17-6-7-18-12-21(26-22(24)25)20(23)11-19(18)10-17/h11-17,22H,2-10H2,1H3. The van der Waals surface area contributed by atoms with Crippen LogP contribution in [0, 0.1) is 35.4 Å². The fourth-order valence-electron chi connectivity index (χ4n) is 5.96. The van der Waals surface area contributed by atoms with E-state index in [1.807, 2.05) is 0 Å². The van der Waals surface area contributed by atoms with Crippen LogP contribution in [0.15, 0.2) is 12.1 Å². The summed E-state index contributed by atoms with van der Waals surface area (Å²) in [6.45, 7) is -0.590. The van der Waals surface area contributed by atoms with Crippen molar-refractivity contribution in [3.05, 3.63) is 29.1 Å². The Kier molecular flexibility index (Phi) is 5.20. The maximum absolute atomic E-state index is 14.1. The summed E-state index contributed by atoms with van der Waals surface area (Å²) in [5.41, 5.74) is 1.98. The van der Waals surface area contributed by atoms with E-state index in [1.165, 1.54) is 50.7 Å². The second-order valence-electron chi connectivity index (χ2n) is 8.94. The monoisotopic (exact) mass is 366 g/mol. The minimum absolute atomic E-state index is 0.311. The zero-order chi connectivity index (χ0) is 18.3. The number of benzene rings is 1. The maximum atomic E-state index is 14.1. The Morgan fingerprint density at radius 3 is 2.35 bits per heavy atom. The molecule has 2 fully saturated rings. The number of rotatable bonds is 3. The molecule has 0 saturated heterocycles. The topological polar surface area (TPSA) is 9.23 Å². The molecule has 1 nitrogen and oxygen atoms in total. The molecule has 144 valence electrons. The molecule has 0 amide bonds. The van der Waals surface area contributed by atoms with Gasteiger partial charge in [0, 0.05) is 0 Å². The fourth-order valence-corrected chi connectivity index (χ4v) is 5.96. The molecular weight excluding hydrogens is 337 g/mol. The third kappa shape index (κ3) is 3.75. The Bertz CT molecular complexity index is 645. The molecule has 2 saturated carbocycles. The van der Waals surface area contributed by atoms with Gasteiger partial charge in [0.25, 0.3) is 0 Å². The van der Waals surface area contributed by atoms with Gasteiger partial charge in [0.15, 0.2) is 11.6 Å². The molecule has 1 aromatic rings. The molecule has 3 aliphatic rings. The predicted octanol–water partition coefficient (Wildman–Crippen LogP) is 6.38. The summed E-state index contributed by atoms with van der Waals surface area (Å²) >= 11 is 0. The highest BCUT2D eigenvalue weighted by Crippen LogP contribution is 2.48. The van der Waals surface area contributed by atoms with E-state index in [2.05, 4.69) is 11.7 Å². The third-order valence-corrected chi connectivity index (χ3v) is 7.32. The van der Waals surface area contributed by atoms with Gasteiger partial charge >= 0.3 is 6.61 Å². The van der Waals surface area contributed by atoms with E-state index < -0.39 is 12.4 Å². The quantitative estimate of drug-likeness (QED) is 0.603. The van der Waals surface area contributed by atoms with Crippen LogP contribution >= 0.6 is 0 Å². The van der Waals surface area contributed by atoms with Crippen molar-refractivity contribution in [2.45, 2.75) is 71.3 Å². The van der Waals surface area contributed by atoms with Gasteiger partial charge in [-0.05, 0) is 104 Å². The van der Waals surface area contributed by atoms with E-state index in [4.69, 9.17) is 0 Å². The zero-order valence-corrected chi connectivity index (χ0v) is 15.5. The molecule has 5 unspecified atom stereocenters. The van der Waals surface area contributed by atoms with Crippen LogP contribution in [0.5, 0.6) is 5.75 Å². The lowest BCUT2D eigenvalue weighted by Crippen LogP contribution is -2.34. The van der Waals surface area contributed by atoms with Crippen LogP contribution in [0.1, 0.15) is 63.0 Å². The molecule has 0 aliphatic heterocycles. The first-order valence-corrected chi connectivity index (χ1v) is 10.3. The average Bonchev–Trinajstić information content (AvgIpc) is 2.61. The van der Waals surface area contributed by atoms with Crippen molar-refractivity contribution in [1.82, 2.24) is 0 Å². The predicted molar refractivity (Wildman–Crippen MR) is 95.9 cm³/mol. The van der Waals surface area contributed by atoms with Crippen molar-refractivity contribution in [1.29, 1.82) is 0 Å². The molecule has 0 aromatic heterocycles. The van der Waals surface area contributed by atoms with Crippen molar-refractivity contribution in [2.75, 3.05) is 0 Å². The lowest BCUT2D eigenvalue weighted by atomic mass is 9.61. The molecule has 4 rings (SSSR count). The Hall–Kier alpha value is -1.19. The van der Waals surface area contributed by atoms with Crippen LogP contribution in [0.3, 0.4) is 0 Å². The van der Waals surface area contributed by atoms with Gasteiger partial charge in [-0.25, -0.2) is 4.39 Å². The molecule has 26 heavy (non-hydrogen) atoms. The van der Waals surface area contributed by atoms with Crippen molar-refractivity contribution in [3.8, 4) is 5.75 Å². The van der Waals surface area contributed by atoms with Gasteiger partial charge in [-0.2, -0.15) is 8.78 Å². The van der Waals surface area contributed by atoms with Crippen LogP contribution in [-0.2, 0) is 12.8 Å². The highest BCUT2D eigenvalue weighted by Gasteiger charge is 2.38. The first kappa shape index (κ1) is 18.2. The van der Waals surface area contributed by atoms with E-state index in [0.29, 0.717) is 5.92 Å². The number of halogens is 3. The van der Waals surface area contributed by atoms with Crippen molar-refractivity contribution in [3.63, 3.8) is 0 Å². The summed E-state index contributed by atoms with van der Waals surface area (Å²) in [6.07, 6.45) is 11.0. The van der Waals surface area contributed by atoms with Gasteiger partial charge < -0.3 is 4.74 Å². The van der Waals surface area contributed by atoms with Crippen LogP contribution in [0.4, 0.5) is 13.2 Å². The number of hydrogen-bond acceptors (Lipinski definition) is 1. The van der Waals surface area contributed by atoms with E-state index in [-0.39, 0.29) is 5.75 Å². The third-order valence-electron chi connectivity index (χ3n) is 7.32. The Balaban J connectivity index is 1.43. The first-order chi connectivity index (χ1) is 12.5. The summed E-state index contributed by atoms with van der Waals surface area (Å²) in [5.74, 6) is 3.11. The van der Waals surface area contributed by atoms with Crippen LogP contribution in [0.25, 0.3) is 0 Å². The molecular formula is C22H29F3O. The van der Waals surface area contributed by atoms with Gasteiger partial charge in [-0.1, -0.05) is 13.3 Å². The molecule has 0 heterocycles. The highest BCUT2D eigenvalue weighted by molar-refractivity contribution is 5.39. The fraction of sp³-hybridized carbons (Fsp3) is 0.727. The molecule has 5 atom stereocenters. The zero-order valence-electron chi connectivity index (χ0n) is 15.5. The number of alkyl halides is 2. The van der Waals surface area contributed by atoms with Gasteiger partial charge in [-0.3, -0.25) is 0 Å². The molecule has 0 spiro atoms. The SMILES string of the molecule is CC1CCC2CC(C3CCc4cc(OC(F)F)c(F)cc4C3)CCC2C1. The minimum Gasteiger partial charge on any atom is -0.432 e. The Morgan fingerprint density at radius 1 is 0.885 bits per heavy atom. The van der Waals surface area contributed by atoms with Crippen LogP contribution in [-0.4, -0.2) is 6.61 Å². The second kappa shape index (κ2) is 7.44. The first-order valence-electron chi connectivity index (χ1n) is 10.3. The Labute approximate surface area is 154 Å². The molecule has 0 radical (unpaired) electrons. The molecule has 3 aliphatic carbocycles. The lowest BCUT2D eigenvalue weighted by Gasteiger charge is -2.44. The summed E-state index contributed by atoms with van der Waals surface area (Å²) in [5, 5.41) is 0. The van der Waals surface area contributed by atoms with E-state index in [0.717, 1.165) is 54.1 Å². The average molecular weight is 366 g/mol. The Morgan fingerprint density at radius 2 is 1.58 bits per heavy atom. The van der Waals surface area contributed by atoms with E-state index in [1.54, 1.807) is 0 Å². The van der Waals surface area contributed by atoms with E-state index in [9.17, 15) is 13.2 Å². The van der Waals surface area contributed by atoms with Gasteiger partial charge in [0.05, 0.1) is 0 Å². The van der Waals surface area contributed by atoms with Gasteiger partial charge in [0.2, 0.25) is 0 Å². The molecule has 4 heteroatoms. The number of hydrogen-bond donors (Lipinski definition) is 0. The van der Waals surface area contributed by atoms with E-state index >= 15 is 0 Å². The maximum Gasteiger partial charge on any atom is 0.387 e. The number of fused-ring (bicyclic) bond motifs is 2. The molecule has 1 aromatic carbocycles. The largest absolute Gasteiger partial charge is 0.432 e. The van der Waals surface area contributed by atoms with Gasteiger partial charge in [0.1, 0.15) is 0 Å². The lowest BCUT2D eigenvalue weighted by molar-refractivity contribution is -0.0522. The van der Waals surface area contributed by atoms with Crippen LogP contribution < -0.4 is 4.74 Å². The highest BCUT2D eigenvalue weighted by atomic mass is 19.3. The summed E-state index contributed by atoms with van der Waals surface area (Å²) < 4.78 is 43.2. The van der Waals surface area contributed by atoms with Crippen molar-refractivity contribution in [2.24, 2.45) is 29.6 Å². The second-order valence-corrected chi connectivity index (χ2v) is 8.94. The minimum atomic E-state index is -2.98. The molecule has 0 N–H and O–H groups in total. The molecule has 0 bridgehead atoms. The normalized spacial score (nSPS) is 34.3. The summed E-state index contributed by atoms with van der Waals surface area (Å²) in [6, 6.07) is 2.93. The number of ether oxygens (including phenoxy) is 1. The van der Waals surface area contributed by atoms with Crippen molar-refractivity contribution < 1.29 is 17.9 Å². The van der Waals surface area contributed by atoms with Crippen molar-refractivity contribution >= 4 is 0 Å². The summed E-state index contributed by atoms with van der Waals surface area (Å²) in [4.78, 5) is 0. The smallest absolute Gasteiger partial charge is 0.387 e.